The highest BCUT2D eigenvalue weighted by molar-refractivity contribution is 7.98. The Hall–Kier alpha value is -3.04. The molecule has 0 saturated heterocycles. The molecule has 0 saturated carbocycles. The summed E-state index contributed by atoms with van der Waals surface area (Å²) in [7, 11) is -2.52. The number of hydrogen-bond acceptors (Lipinski definition) is 6. The average Bonchev–Trinajstić information content (AvgIpc) is 2.60. The summed E-state index contributed by atoms with van der Waals surface area (Å²) in [5, 5.41) is 10.2. The molecule has 0 fully saturated rings. The number of nitrogens with zero attached hydrogens (tertiary/aromatic N) is 3. The summed E-state index contributed by atoms with van der Waals surface area (Å²) in [5.74, 6) is 0.600. The third kappa shape index (κ3) is 5.97. The van der Waals surface area contributed by atoms with Crippen molar-refractivity contribution in [3.05, 3.63) is 60.2 Å². The van der Waals surface area contributed by atoms with Crippen LogP contribution in [0.5, 0.6) is 5.75 Å². The molecular formula is C20H22FN5O2S. The Morgan fingerprint density at radius 3 is 2.72 bits per heavy atom. The fraction of sp³-hybridized carbons (Fsp3) is 0.200. The molecule has 9 heteroatoms. The van der Waals surface area contributed by atoms with Crippen molar-refractivity contribution in [2.75, 3.05) is 11.6 Å². The third-order valence-corrected chi connectivity index (χ3v) is 4.37. The summed E-state index contributed by atoms with van der Waals surface area (Å²) in [4.78, 5) is 12.7. The SMILES string of the molecule is CC(C)Oc1cc(F)ccc1-c1ncnc(Nc2cccc(C=S(C)(N)=O)c2)n1. The molecule has 3 rings (SSSR count). The van der Waals surface area contributed by atoms with Gasteiger partial charge in [0.25, 0.3) is 0 Å². The van der Waals surface area contributed by atoms with Gasteiger partial charge in [0.1, 0.15) is 17.9 Å². The van der Waals surface area contributed by atoms with Gasteiger partial charge in [0.05, 0.1) is 11.7 Å². The van der Waals surface area contributed by atoms with Gasteiger partial charge >= 0.3 is 0 Å². The molecule has 152 valence electrons. The topological polar surface area (TPSA) is 103 Å². The van der Waals surface area contributed by atoms with Crippen LogP contribution in [0, 0.1) is 5.82 Å². The van der Waals surface area contributed by atoms with Crippen molar-refractivity contribution in [2.24, 2.45) is 5.14 Å². The molecule has 3 aromatic rings. The van der Waals surface area contributed by atoms with Gasteiger partial charge in [-0.2, -0.15) is 4.98 Å². The van der Waals surface area contributed by atoms with Crippen molar-refractivity contribution in [2.45, 2.75) is 20.0 Å². The molecular weight excluding hydrogens is 393 g/mol. The predicted molar refractivity (Wildman–Crippen MR) is 114 cm³/mol. The summed E-state index contributed by atoms with van der Waals surface area (Å²) in [6.07, 6.45) is 2.69. The Kier molecular flexibility index (Phi) is 6.09. The second-order valence-corrected chi connectivity index (χ2v) is 8.94. The maximum atomic E-state index is 13.7. The van der Waals surface area contributed by atoms with E-state index in [0.29, 0.717) is 34.3 Å². The van der Waals surface area contributed by atoms with Crippen molar-refractivity contribution >= 4 is 26.7 Å². The van der Waals surface area contributed by atoms with E-state index in [1.165, 1.54) is 30.1 Å². The maximum Gasteiger partial charge on any atom is 0.230 e. The summed E-state index contributed by atoms with van der Waals surface area (Å²) in [6.45, 7) is 3.71. The number of halogens is 1. The lowest BCUT2D eigenvalue weighted by atomic mass is 10.2. The zero-order chi connectivity index (χ0) is 21.0. The van der Waals surface area contributed by atoms with Gasteiger partial charge in [-0.25, -0.2) is 14.4 Å². The number of aromatic nitrogens is 3. The number of nitrogens with one attached hydrogen (secondary N) is 1. The first kappa shape index (κ1) is 20.7. The molecule has 0 aliphatic carbocycles. The van der Waals surface area contributed by atoms with E-state index in [2.05, 4.69) is 20.3 Å². The van der Waals surface area contributed by atoms with E-state index in [1.54, 1.807) is 24.3 Å². The second kappa shape index (κ2) is 8.54. The van der Waals surface area contributed by atoms with Crippen LogP contribution in [0.3, 0.4) is 0 Å². The quantitative estimate of drug-likeness (QED) is 0.600. The summed E-state index contributed by atoms with van der Waals surface area (Å²) in [5.41, 5.74) is 1.96. The number of anilines is 2. The van der Waals surface area contributed by atoms with Crippen molar-refractivity contribution in [3.63, 3.8) is 0 Å². The normalized spacial score (nSPS) is 13.0. The molecule has 3 N–H and O–H groups in total. The summed E-state index contributed by atoms with van der Waals surface area (Å²) >= 11 is 0. The van der Waals surface area contributed by atoms with Gasteiger partial charge in [0.15, 0.2) is 5.82 Å². The van der Waals surface area contributed by atoms with E-state index >= 15 is 0 Å². The molecule has 0 amide bonds. The van der Waals surface area contributed by atoms with Crippen LogP contribution in [0.4, 0.5) is 16.0 Å². The smallest absolute Gasteiger partial charge is 0.230 e. The Balaban J connectivity index is 1.92. The summed E-state index contributed by atoms with van der Waals surface area (Å²) < 4.78 is 31.1. The highest BCUT2D eigenvalue weighted by Crippen LogP contribution is 2.29. The molecule has 7 nitrogen and oxygen atoms in total. The van der Waals surface area contributed by atoms with E-state index in [-0.39, 0.29) is 6.10 Å². The van der Waals surface area contributed by atoms with Gasteiger partial charge in [-0.3, -0.25) is 9.35 Å². The minimum atomic E-state index is -2.52. The Morgan fingerprint density at radius 1 is 1.21 bits per heavy atom. The standard InChI is InChI=1S/C20H22FN5O2S/c1-13(2)28-18-10-15(21)7-8-17(18)19-23-12-24-20(26-19)25-16-6-4-5-14(9-16)11-29(3,22)27/h4-13H,1-3H3,(H2,22,27)(H,23,24,25,26). The molecule has 1 heterocycles. The molecule has 0 bridgehead atoms. The average molecular weight is 415 g/mol. The number of nitrogens with two attached hydrogens (primary N) is 1. The summed E-state index contributed by atoms with van der Waals surface area (Å²) in [6, 6.07) is 11.4. The second-order valence-electron chi connectivity index (χ2n) is 6.77. The van der Waals surface area contributed by atoms with Crippen LogP contribution in [0.1, 0.15) is 19.4 Å². The van der Waals surface area contributed by atoms with Crippen LogP contribution in [0.25, 0.3) is 11.4 Å². The van der Waals surface area contributed by atoms with E-state index < -0.39 is 15.5 Å². The highest BCUT2D eigenvalue weighted by Gasteiger charge is 2.13. The molecule has 0 aliphatic rings. The molecule has 0 aliphatic heterocycles. The number of rotatable bonds is 6. The Labute approximate surface area is 169 Å². The molecule has 1 unspecified atom stereocenters. The van der Waals surface area contributed by atoms with E-state index in [9.17, 15) is 8.60 Å². The zero-order valence-corrected chi connectivity index (χ0v) is 17.1. The van der Waals surface area contributed by atoms with Gasteiger partial charge < -0.3 is 10.1 Å². The first-order valence-electron chi connectivity index (χ1n) is 8.84. The van der Waals surface area contributed by atoms with Crippen LogP contribution in [-0.2, 0) is 9.71 Å². The van der Waals surface area contributed by atoms with Crippen LogP contribution in [0.2, 0.25) is 0 Å². The van der Waals surface area contributed by atoms with Crippen molar-refractivity contribution in [3.8, 4) is 17.1 Å². The van der Waals surface area contributed by atoms with E-state index in [1.807, 2.05) is 19.9 Å². The van der Waals surface area contributed by atoms with E-state index in [4.69, 9.17) is 9.88 Å². The lowest BCUT2D eigenvalue weighted by Crippen LogP contribution is -2.13. The van der Waals surface area contributed by atoms with Crippen molar-refractivity contribution in [1.29, 1.82) is 0 Å². The van der Waals surface area contributed by atoms with E-state index in [0.717, 1.165) is 0 Å². The third-order valence-electron chi connectivity index (χ3n) is 3.63. The molecule has 1 atom stereocenters. The zero-order valence-electron chi connectivity index (χ0n) is 16.3. The van der Waals surface area contributed by atoms with Crippen LogP contribution >= 0.6 is 0 Å². The first-order chi connectivity index (χ1) is 13.7. The van der Waals surface area contributed by atoms with Crippen LogP contribution < -0.4 is 15.2 Å². The fourth-order valence-electron chi connectivity index (χ4n) is 2.61. The fourth-order valence-corrected chi connectivity index (χ4v) is 3.29. The number of hydrogen-bond donors (Lipinski definition) is 2. The van der Waals surface area contributed by atoms with Crippen LogP contribution in [-0.4, -0.2) is 36.9 Å². The molecule has 0 radical (unpaired) electrons. The highest BCUT2D eigenvalue weighted by atomic mass is 32.2. The minimum Gasteiger partial charge on any atom is -0.490 e. The van der Waals surface area contributed by atoms with Gasteiger partial charge in [-0.05, 0) is 43.7 Å². The van der Waals surface area contributed by atoms with Crippen molar-refractivity contribution in [1.82, 2.24) is 15.0 Å². The van der Waals surface area contributed by atoms with Crippen LogP contribution in [0.15, 0.2) is 48.8 Å². The van der Waals surface area contributed by atoms with Gasteiger partial charge in [0.2, 0.25) is 5.95 Å². The number of ether oxygens (including phenoxy) is 1. The van der Waals surface area contributed by atoms with Crippen molar-refractivity contribution < 1.29 is 13.3 Å². The Bertz CT molecular complexity index is 1140. The molecule has 29 heavy (non-hydrogen) atoms. The number of benzene rings is 2. The first-order valence-corrected chi connectivity index (χ1v) is 10.9. The lowest BCUT2D eigenvalue weighted by Gasteiger charge is -2.14. The lowest BCUT2D eigenvalue weighted by molar-refractivity contribution is 0.242. The Morgan fingerprint density at radius 2 is 2.00 bits per heavy atom. The van der Waals surface area contributed by atoms with Gasteiger partial charge in [0, 0.05) is 33.1 Å². The molecule has 0 spiro atoms. The maximum absolute atomic E-state index is 13.7. The predicted octanol–water partition coefficient (Wildman–Crippen LogP) is 3.15. The minimum absolute atomic E-state index is 0.134. The molecule has 2 aromatic carbocycles. The largest absolute Gasteiger partial charge is 0.490 e. The van der Waals surface area contributed by atoms with Gasteiger partial charge in [-0.15, -0.1) is 0 Å². The monoisotopic (exact) mass is 415 g/mol. The molecule has 1 aromatic heterocycles. The van der Waals surface area contributed by atoms with Gasteiger partial charge in [-0.1, -0.05) is 12.1 Å².